The SMILES string of the molecule is CC(C(=O)O)n1c(O)c2c(c1O)CCCC2. The molecule has 2 rings (SSSR count). The highest BCUT2D eigenvalue weighted by Gasteiger charge is 2.28. The van der Waals surface area contributed by atoms with Gasteiger partial charge in [0.15, 0.2) is 11.8 Å². The fourth-order valence-corrected chi connectivity index (χ4v) is 2.27. The first-order valence-electron chi connectivity index (χ1n) is 5.40. The van der Waals surface area contributed by atoms with Gasteiger partial charge in [0.2, 0.25) is 0 Å². The van der Waals surface area contributed by atoms with Gasteiger partial charge in [0.1, 0.15) is 6.04 Å². The number of fused-ring (bicyclic) bond motifs is 1. The zero-order valence-corrected chi connectivity index (χ0v) is 9.10. The van der Waals surface area contributed by atoms with E-state index in [4.69, 9.17) is 5.11 Å². The number of aromatic hydroxyl groups is 2. The Bertz CT molecular complexity index is 406. The van der Waals surface area contributed by atoms with Gasteiger partial charge in [-0.2, -0.15) is 0 Å². The van der Waals surface area contributed by atoms with Crippen LogP contribution in [0.2, 0.25) is 0 Å². The van der Waals surface area contributed by atoms with Crippen LogP contribution in [0.25, 0.3) is 0 Å². The standard InChI is InChI=1S/C11H15NO4/c1-6(11(15)16)12-9(13)7-4-2-3-5-8(7)10(12)14/h6,13-14H,2-5H2,1H3,(H,15,16). The van der Waals surface area contributed by atoms with E-state index in [1.54, 1.807) is 0 Å². The maximum atomic E-state index is 10.9. The zero-order valence-electron chi connectivity index (χ0n) is 9.10. The maximum Gasteiger partial charge on any atom is 0.326 e. The van der Waals surface area contributed by atoms with Gasteiger partial charge in [-0.15, -0.1) is 0 Å². The number of aliphatic carboxylic acids is 1. The summed E-state index contributed by atoms with van der Waals surface area (Å²) < 4.78 is 1.10. The smallest absolute Gasteiger partial charge is 0.326 e. The summed E-state index contributed by atoms with van der Waals surface area (Å²) in [5, 5.41) is 28.7. The van der Waals surface area contributed by atoms with E-state index in [1.807, 2.05) is 0 Å². The topological polar surface area (TPSA) is 82.7 Å². The van der Waals surface area contributed by atoms with Gasteiger partial charge in [-0.3, -0.25) is 4.57 Å². The molecule has 1 aromatic heterocycles. The number of carboxylic acid groups (broad SMARTS) is 1. The van der Waals surface area contributed by atoms with Crippen molar-refractivity contribution >= 4 is 5.97 Å². The molecule has 88 valence electrons. The van der Waals surface area contributed by atoms with Crippen molar-refractivity contribution in [2.75, 3.05) is 0 Å². The molecule has 0 spiro atoms. The van der Waals surface area contributed by atoms with Crippen LogP contribution < -0.4 is 0 Å². The molecule has 5 nitrogen and oxygen atoms in total. The molecule has 5 heteroatoms. The Balaban J connectivity index is 2.54. The van der Waals surface area contributed by atoms with Crippen LogP contribution in [0, 0.1) is 0 Å². The largest absolute Gasteiger partial charge is 0.494 e. The first-order valence-corrected chi connectivity index (χ1v) is 5.40. The molecule has 0 fully saturated rings. The molecule has 0 aromatic carbocycles. The summed E-state index contributed by atoms with van der Waals surface area (Å²) >= 11 is 0. The van der Waals surface area contributed by atoms with Crippen LogP contribution in [0.5, 0.6) is 11.8 Å². The van der Waals surface area contributed by atoms with Gasteiger partial charge in [0, 0.05) is 11.1 Å². The van der Waals surface area contributed by atoms with Crippen molar-refractivity contribution in [2.24, 2.45) is 0 Å². The second kappa shape index (κ2) is 3.73. The number of rotatable bonds is 2. The van der Waals surface area contributed by atoms with Crippen LogP contribution in [0.4, 0.5) is 0 Å². The number of carbonyl (C=O) groups is 1. The average molecular weight is 225 g/mol. The third kappa shape index (κ3) is 1.43. The lowest BCUT2D eigenvalue weighted by molar-refractivity contribution is -0.140. The number of hydrogen-bond acceptors (Lipinski definition) is 3. The molecule has 1 heterocycles. The molecule has 0 amide bonds. The molecule has 16 heavy (non-hydrogen) atoms. The van der Waals surface area contributed by atoms with E-state index in [0.29, 0.717) is 24.0 Å². The fourth-order valence-electron chi connectivity index (χ4n) is 2.27. The van der Waals surface area contributed by atoms with Crippen LogP contribution in [0.3, 0.4) is 0 Å². The second-order valence-corrected chi connectivity index (χ2v) is 4.20. The lowest BCUT2D eigenvalue weighted by Crippen LogP contribution is -2.14. The molecule has 1 atom stereocenters. The van der Waals surface area contributed by atoms with Crippen LogP contribution >= 0.6 is 0 Å². The monoisotopic (exact) mass is 225 g/mol. The Labute approximate surface area is 92.9 Å². The van der Waals surface area contributed by atoms with Crippen molar-refractivity contribution in [1.82, 2.24) is 4.57 Å². The quantitative estimate of drug-likeness (QED) is 0.711. The summed E-state index contributed by atoms with van der Waals surface area (Å²) in [7, 11) is 0. The van der Waals surface area contributed by atoms with E-state index in [9.17, 15) is 15.0 Å². The summed E-state index contributed by atoms with van der Waals surface area (Å²) in [4.78, 5) is 10.9. The van der Waals surface area contributed by atoms with Gasteiger partial charge in [-0.1, -0.05) is 0 Å². The van der Waals surface area contributed by atoms with Gasteiger partial charge in [-0.05, 0) is 32.6 Å². The van der Waals surface area contributed by atoms with E-state index in [0.717, 1.165) is 17.4 Å². The highest BCUT2D eigenvalue weighted by Crippen LogP contribution is 2.40. The van der Waals surface area contributed by atoms with Gasteiger partial charge >= 0.3 is 5.97 Å². The van der Waals surface area contributed by atoms with Crippen molar-refractivity contribution in [2.45, 2.75) is 38.6 Å². The van der Waals surface area contributed by atoms with Gasteiger partial charge < -0.3 is 15.3 Å². The molecule has 0 bridgehead atoms. The molecule has 3 N–H and O–H groups in total. The van der Waals surface area contributed by atoms with Gasteiger partial charge in [0.25, 0.3) is 0 Å². The van der Waals surface area contributed by atoms with Crippen molar-refractivity contribution in [1.29, 1.82) is 0 Å². The fraction of sp³-hybridized carbons (Fsp3) is 0.545. The Hall–Kier alpha value is -1.65. The normalized spacial score (nSPS) is 16.8. The van der Waals surface area contributed by atoms with Gasteiger partial charge in [-0.25, -0.2) is 4.79 Å². The summed E-state index contributed by atoms with van der Waals surface area (Å²) in [6.07, 6.45) is 3.33. The van der Waals surface area contributed by atoms with Crippen molar-refractivity contribution < 1.29 is 20.1 Å². The van der Waals surface area contributed by atoms with E-state index in [1.165, 1.54) is 6.92 Å². The van der Waals surface area contributed by atoms with E-state index >= 15 is 0 Å². The van der Waals surface area contributed by atoms with Crippen molar-refractivity contribution in [3.05, 3.63) is 11.1 Å². The predicted octanol–water partition coefficient (Wildman–Crippen LogP) is 1.42. The Morgan fingerprint density at radius 2 is 1.62 bits per heavy atom. The van der Waals surface area contributed by atoms with E-state index in [2.05, 4.69) is 0 Å². The maximum absolute atomic E-state index is 10.9. The molecule has 1 aliphatic carbocycles. The molecule has 0 saturated carbocycles. The third-order valence-corrected chi connectivity index (χ3v) is 3.21. The molecule has 1 aliphatic rings. The van der Waals surface area contributed by atoms with Crippen LogP contribution in [0.15, 0.2) is 0 Å². The minimum absolute atomic E-state index is 0.0953. The summed E-state index contributed by atoms with van der Waals surface area (Å²) in [5.74, 6) is -1.26. The average Bonchev–Trinajstić information content (AvgIpc) is 2.52. The van der Waals surface area contributed by atoms with E-state index < -0.39 is 12.0 Å². The zero-order chi connectivity index (χ0) is 11.9. The minimum Gasteiger partial charge on any atom is -0.494 e. The van der Waals surface area contributed by atoms with Crippen LogP contribution in [0.1, 0.15) is 36.9 Å². The van der Waals surface area contributed by atoms with E-state index in [-0.39, 0.29) is 11.8 Å². The number of hydrogen-bond donors (Lipinski definition) is 3. The molecule has 1 unspecified atom stereocenters. The highest BCUT2D eigenvalue weighted by molar-refractivity contribution is 5.72. The second-order valence-electron chi connectivity index (χ2n) is 4.20. The highest BCUT2D eigenvalue weighted by atomic mass is 16.4. The first-order chi connectivity index (χ1) is 7.54. The van der Waals surface area contributed by atoms with Crippen LogP contribution in [-0.4, -0.2) is 25.9 Å². The number of aromatic nitrogens is 1. The van der Waals surface area contributed by atoms with Gasteiger partial charge in [0.05, 0.1) is 0 Å². The minimum atomic E-state index is -1.07. The number of nitrogens with zero attached hydrogens (tertiary/aromatic N) is 1. The summed E-state index contributed by atoms with van der Waals surface area (Å²) in [5.41, 5.74) is 1.41. The molecule has 0 aliphatic heterocycles. The van der Waals surface area contributed by atoms with Crippen molar-refractivity contribution in [3.8, 4) is 11.8 Å². The molecular formula is C11H15NO4. The first kappa shape index (κ1) is 10.9. The lowest BCUT2D eigenvalue weighted by Gasteiger charge is -2.11. The Kier molecular flexibility index (Phi) is 2.53. The van der Waals surface area contributed by atoms with Crippen LogP contribution in [-0.2, 0) is 17.6 Å². The summed E-state index contributed by atoms with van der Waals surface area (Å²) in [6.45, 7) is 1.44. The predicted molar refractivity (Wildman–Crippen MR) is 56.8 cm³/mol. The lowest BCUT2D eigenvalue weighted by atomic mass is 9.95. The molecule has 1 aromatic rings. The molecule has 0 saturated heterocycles. The number of carboxylic acids is 1. The molecular weight excluding hydrogens is 210 g/mol. The molecule has 0 radical (unpaired) electrons. The summed E-state index contributed by atoms with van der Waals surface area (Å²) in [6, 6.07) is -0.953. The van der Waals surface area contributed by atoms with Crippen molar-refractivity contribution in [3.63, 3.8) is 0 Å². The third-order valence-electron chi connectivity index (χ3n) is 3.21. The Morgan fingerprint density at radius 3 is 2.00 bits per heavy atom. The Morgan fingerprint density at radius 1 is 1.19 bits per heavy atom.